The molecule has 7 heteroatoms. The first-order valence-corrected chi connectivity index (χ1v) is 7.60. The highest BCUT2D eigenvalue weighted by molar-refractivity contribution is 5.78. The molecule has 4 atom stereocenters. The van der Waals surface area contributed by atoms with Crippen LogP contribution in [-0.2, 0) is 14.3 Å². The van der Waals surface area contributed by atoms with Crippen LogP contribution in [0.2, 0.25) is 0 Å². The van der Waals surface area contributed by atoms with E-state index in [4.69, 9.17) is 9.47 Å². The molecule has 2 saturated heterocycles. The van der Waals surface area contributed by atoms with Gasteiger partial charge in [-0.1, -0.05) is 13.3 Å². The van der Waals surface area contributed by atoms with Gasteiger partial charge in [0.1, 0.15) is 18.3 Å². The van der Waals surface area contributed by atoms with Gasteiger partial charge in [-0.15, -0.1) is 0 Å². The van der Waals surface area contributed by atoms with Crippen molar-refractivity contribution in [1.29, 1.82) is 0 Å². The Bertz CT molecular complexity index is 365. The summed E-state index contributed by atoms with van der Waals surface area (Å²) in [5, 5.41) is 29.5. The van der Waals surface area contributed by atoms with E-state index in [1.54, 1.807) is 4.90 Å². The molecule has 0 aromatic carbocycles. The molecule has 2 aliphatic heterocycles. The summed E-state index contributed by atoms with van der Waals surface area (Å²) < 4.78 is 11.3. The number of likely N-dealkylation sites (tertiary alicyclic amines) is 1. The smallest absolute Gasteiger partial charge is 0.222 e. The third kappa shape index (κ3) is 3.37. The number of ether oxygens (including phenoxy) is 2. The standard InChI is InChI=1S/C14H25NO6/c1-2-3-7-20-14(9-15-6-4-5-11(15)17)13(19)12(18)10(8-16)21-14/h10,12-13,16,18-19H,2-9H2,1H3. The average Bonchev–Trinajstić information content (AvgIpc) is 2.97. The van der Waals surface area contributed by atoms with Crippen molar-refractivity contribution in [3.05, 3.63) is 0 Å². The van der Waals surface area contributed by atoms with Crippen LogP contribution in [0.3, 0.4) is 0 Å². The predicted octanol–water partition coefficient (Wildman–Crippen LogP) is -0.765. The summed E-state index contributed by atoms with van der Waals surface area (Å²) in [5.74, 6) is -1.46. The van der Waals surface area contributed by atoms with Gasteiger partial charge in [-0.3, -0.25) is 4.79 Å². The van der Waals surface area contributed by atoms with Crippen LogP contribution in [0.5, 0.6) is 0 Å². The molecule has 2 aliphatic rings. The molecule has 0 saturated carbocycles. The highest BCUT2D eigenvalue weighted by Crippen LogP contribution is 2.34. The van der Waals surface area contributed by atoms with Gasteiger partial charge in [-0.25, -0.2) is 0 Å². The molecule has 7 nitrogen and oxygen atoms in total. The van der Waals surface area contributed by atoms with E-state index in [1.165, 1.54) is 0 Å². The van der Waals surface area contributed by atoms with E-state index in [1.807, 2.05) is 6.92 Å². The SMILES string of the molecule is CCCCOC1(CN2CCCC2=O)OC(CO)C(O)C1O. The Labute approximate surface area is 124 Å². The van der Waals surface area contributed by atoms with E-state index in [0.29, 0.717) is 19.6 Å². The maximum Gasteiger partial charge on any atom is 0.222 e. The van der Waals surface area contributed by atoms with Gasteiger partial charge in [-0.05, 0) is 12.8 Å². The number of carbonyl (C=O) groups is 1. The van der Waals surface area contributed by atoms with Gasteiger partial charge in [0.2, 0.25) is 11.7 Å². The van der Waals surface area contributed by atoms with Crippen molar-refractivity contribution in [2.24, 2.45) is 0 Å². The van der Waals surface area contributed by atoms with Crippen molar-refractivity contribution >= 4 is 5.91 Å². The minimum atomic E-state index is -1.46. The summed E-state index contributed by atoms with van der Waals surface area (Å²) in [6, 6.07) is 0. The second-order valence-corrected chi connectivity index (χ2v) is 5.71. The maximum atomic E-state index is 11.8. The summed E-state index contributed by atoms with van der Waals surface area (Å²) in [6.07, 6.45) is -0.473. The molecule has 2 fully saturated rings. The third-order valence-electron chi connectivity index (χ3n) is 4.11. The summed E-state index contributed by atoms with van der Waals surface area (Å²) in [4.78, 5) is 13.4. The van der Waals surface area contributed by atoms with Gasteiger partial charge < -0.3 is 29.7 Å². The van der Waals surface area contributed by atoms with Crippen LogP contribution in [0.25, 0.3) is 0 Å². The van der Waals surface area contributed by atoms with Crippen molar-refractivity contribution in [3.8, 4) is 0 Å². The topological polar surface area (TPSA) is 99.5 Å². The number of hydrogen-bond donors (Lipinski definition) is 3. The fourth-order valence-electron chi connectivity index (χ4n) is 2.83. The monoisotopic (exact) mass is 303 g/mol. The lowest BCUT2D eigenvalue weighted by atomic mass is 10.0. The maximum absolute atomic E-state index is 11.8. The van der Waals surface area contributed by atoms with E-state index < -0.39 is 30.7 Å². The molecule has 122 valence electrons. The zero-order valence-electron chi connectivity index (χ0n) is 12.4. The van der Waals surface area contributed by atoms with E-state index in [2.05, 4.69) is 0 Å². The van der Waals surface area contributed by atoms with Crippen molar-refractivity contribution in [2.45, 2.75) is 56.7 Å². The van der Waals surface area contributed by atoms with Crippen LogP contribution in [0.15, 0.2) is 0 Å². The lowest BCUT2D eigenvalue weighted by Gasteiger charge is -2.35. The summed E-state index contributed by atoms with van der Waals surface area (Å²) in [6.45, 7) is 2.63. The van der Waals surface area contributed by atoms with Gasteiger partial charge in [0, 0.05) is 13.0 Å². The Morgan fingerprint density at radius 3 is 2.76 bits per heavy atom. The molecule has 0 aliphatic carbocycles. The number of aliphatic hydroxyl groups excluding tert-OH is 3. The molecule has 1 amide bonds. The third-order valence-corrected chi connectivity index (χ3v) is 4.11. The molecular formula is C14H25NO6. The molecule has 2 rings (SSSR count). The molecule has 4 unspecified atom stereocenters. The van der Waals surface area contributed by atoms with Crippen LogP contribution in [-0.4, -0.2) is 76.5 Å². The second-order valence-electron chi connectivity index (χ2n) is 5.71. The highest BCUT2D eigenvalue weighted by atomic mass is 16.7. The highest BCUT2D eigenvalue weighted by Gasteiger charge is 2.56. The van der Waals surface area contributed by atoms with Crippen molar-refractivity contribution in [2.75, 3.05) is 26.3 Å². The number of rotatable bonds is 7. The Morgan fingerprint density at radius 2 is 2.24 bits per heavy atom. The van der Waals surface area contributed by atoms with Crippen molar-refractivity contribution in [1.82, 2.24) is 4.90 Å². The number of amides is 1. The zero-order chi connectivity index (χ0) is 15.5. The molecule has 3 N–H and O–H groups in total. The Balaban J connectivity index is 2.12. The first kappa shape index (κ1) is 16.6. The van der Waals surface area contributed by atoms with Crippen LogP contribution in [0.4, 0.5) is 0 Å². The van der Waals surface area contributed by atoms with Gasteiger partial charge in [0.25, 0.3) is 0 Å². The predicted molar refractivity (Wildman–Crippen MR) is 73.4 cm³/mol. The van der Waals surface area contributed by atoms with Crippen molar-refractivity contribution < 1.29 is 29.6 Å². The zero-order valence-corrected chi connectivity index (χ0v) is 12.4. The van der Waals surface area contributed by atoms with Gasteiger partial charge in [-0.2, -0.15) is 0 Å². The molecule has 21 heavy (non-hydrogen) atoms. The fourth-order valence-corrected chi connectivity index (χ4v) is 2.83. The molecule has 0 bridgehead atoms. The van der Waals surface area contributed by atoms with Gasteiger partial charge >= 0.3 is 0 Å². The largest absolute Gasteiger partial charge is 0.394 e. The molecule has 0 aromatic heterocycles. The second kappa shape index (κ2) is 7.02. The summed E-state index contributed by atoms with van der Waals surface area (Å²) >= 11 is 0. The molecule has 0 radical (unpaired) electrons. The first-order valence-electron chi connectivity index (χ1n) is 7.60. The average molecular weight is 303 g/mol. The number of aliphatic hydroxyl groups is 3. The van der Waals surface area contributed by atoms with Crippen LogP contribution in [0, 0.1) is 0 Å². The Hall–Kier alpha value is -0.730. The molecular weight excluding hydrogens is 278 g/mol. The van der Waals surface area contributed by atoms with E-state index in [0.717, 1.165) is 19.3 Å². The number of nitrogens with zero attached hydrogens (tertiary/aromatic N) is 1. The Kier molecular flexibility index (Phi) is 5.56. The molecule has 2 heterocycles. The van der Waals surface area contributed by atoms with Crippen LogP contribution >= 0.6 is 0 Å². The number of unbranched alkanes of at least 4 members (excludes halogenated alkanes) is 1. The quantitative estimate of drug-likeness (QED) is 0.534. The van der Waals surface area contributed by atoms with E-state index >= 15 is 0 Å². The molecule has 0 aromatic rings. The fraction of sp³-hybridized carbons (Fsp3) is 0.929. The number of carbonyl (C=O) groups excluding carboxylic acids is 1. The minimum Gasteiger partial charge on any atom is -0.394 e. The van der Waals surface area contributed by atoms with Crippen LogP contribution < -0.4 is 0 Å². The summed E-state index contributed by atoms with van der Waals surface area (Å²) in [5.41, 5.74) is 0. The first-order chi connectivity index (χ1) is 10.0. The van der Waals surface area contributed by atoms with Gasteiger partial charge in [0.05, 0.1) is 19.8 Å². The lowest BCUT2D eigenvalue weighted by molar-refractivity contribution is -0.266. The Morgan fingerprint density at radius 1 is 1.48 bits per heavy atom. The number of hydrogen-bond acceptors (Lipinski definition) is 6. The normalized spacial score (nSPS) is 36.7. The van der Waals surface area contributed by atoms with Gasteiger partial charge in [0.15, 0.2) is 0 Å². The minimum absolute atomic E-state index is 0.00814. The van der Waals surface area contributed by atoms with Crippen LogP contribution in [0.1, 0.15) is 32.6 Å². The lowest BCUT2D eigenvalue weighted by Crippen LogP contribution is -2.54. The van der Waals surface area contributed by atoms with E-state index in [-0.39, 0.29) is 12.5 Å². The summed E-state index contributed by atoms with van der Waals surface area (Å²) in [7, 11) is 0. The van der Waals surface area contributed by atoms with E-state index in [9.17, 15) is 20.1 Å². The van der Waals surface area contributed by atoms with Crippen molar-refractivity contribution in [3.63, 3.8) is 0 Å². The molecule has 0 spiro atoms.